The Labute approximate surface area is 111 Å². The number of rotatable bonds is 5. The molecule has 1 aromatic rings. The molecule has 0 bridgehead atoms. The van der Waals surface area contributed by atoms with Gasteiger partial charge in [0.2, 0.25) is 5.91 Å². The number of nitrogens with zero attached hydrogens (tertiary/aromatic N) is 1. The highest BCUT2D eigenvalue weighted by Gasteiger charge is 2.20. The van der Waals surface area contributed by atoms with Gasteiger partial charge in [0.1, 0.15) is 11.9 Å². The lowest BCUT2D eigenvalue weighted by atomic mass is 10.0. The maximum Gasteiger partial charge on any atom is 0.222 e. The molecule has 0 radical (unpaired) electrons. The molecule has 2 atom stereocenters. The number of pyridine rings is 1. The van der Waals surface area contributed by atoms with Crippen molar-refractivity contribution in [3.63, 3.8) is 0 Å². The lowest BCUT2D eigenvalue weighted by Gasteiger charge is -2.19. The van der Waals surface area contributed by atoms with Crippen molar-refractivity contribution in [2.45, 2.75) is 32.5 Å². The highest BCUT2D eigenvalue weighted by Crippen LogP contribution is 2.23. The van der Waals surface area contributed by atoms with E-state index in [1.54, 1.807) is 19.1 Å². The zero-order valence-corrected chi connectivity index (χ0v) is 11.1. The lowest BCUT2D eigenvalue weighted by molar-refractivity contribution is -0.114. The summed E-state index contributed by atoms with van der Waals surface area (Å²) in [7, 11) is 0. The van der Waals surface area contributed by atoms with E-state index in [2.05, 4.69) is 10.3 Å². The minimum atomic E-state index is -1.03. The van der Waals surface area contributed by atoms with Crippen LogP contribution in [0.4, 0.5) is 5.82 Å². The zero-order chi connectivity index (χ0) is 13.7. The second-order valence-corrected chi connectivity index (χ2v) is 4.42. The van der Waals surface area contributed by atoms with E-state index in [0.29, 0.717) is 23.5 Å². The predicted molar refractivity (Wildman–Crippen MR) is 69.6 cm³/mol. The smallest absolute Gasteiger partial charge is 0.222 e. The van der Waals surface area contributed by atoms with Gasteiger partial charge in [-0.15, -0.1) is 11.6 Å². The SMILES string of the molecule is CC(=O)Nc1ccc(C(O)C(O)CCCl)c(C)n1. The molecule has 0 aliphatic carbocycles. The summed E-state index contributed by atoms with van der Waals surface area (Å²) in [6, 6.07) is 3.22. The second kappa shape index (κ2) is 6.68. The summed E-state index contributed by atoms with van der Waals surface area (Å²) in [5.74, 6) is 0.481. The van der Waals surface area contributed by atoms with E-state index in [9.17, 15) is 15.0 Å². The molecule has 1 amide bonds. The van der Waals surface area contributed by atoms with E-state index in [4.69, 9.17) is 11.6 Å². The Balaban J connectivity index is 2.87. The van der Waals surface area contributed by atoms with Crippen molar-refractivity contribution in [2.24, 2.45) is 0 Å². The maximum absolute atomic E-state index is 10.9. The van der Waals surface area contributed by atoms with Gasteiger partial charge in [-0.05, 0) is 19.4 Å². The van der Waals surface area contributed by atoms with E-state index in [0.717, 1.165) is 0 Å². The quantitative estimate of drug-likeness (QED) is 0.707. The molecule has 0 aliphatic heterocycles. The molecule has 0 saturated carbocycles. The largest absolute Gasteiger partial charge is 0.390 e. The van der Waals surface area contributed by atoms with Crippen LogP contribution in [-0.2, 0) is 4.79 Å². The summed E-state index contributed by atoms with van der Waals surface area (Å²) in [6.45, 7) is 3.10. The van der Waals surface area contributed by atoms with Crippen LogP contribution in [0.5, 0.6) is 0 Å². The average Bonchev–Trinajstić information content (AvgIpc) is 2.28. The number of aliphatic hydroxyl groups excluding tert-OH is 2. The molecule has 0 aliphatic rings. The van der Waals surface area contributed by atoms with Crippen LogP contribution >= 0.6 is 11.6 Å². The summed E-state index contributed by atoms with van der Waals surface area (Å²) in [6.07, 6.45) is -1.65. The second-order valence-electron chi connectivity index (χ2n) is 4.04. The number of halogens is 1. The van der Waals surface area contributed by atoms with Crippen LogP contribution in [0, 0.1) is 6.92 Å². The van der Waals surface area contributed by atoms with Gasteiger partial charge in [0, 0.05) is 24.1 Å². The third kappa shape index (κ3) is 3.94. The minimum absolute atomic E-state index is 0.211. The van der Waals surface area contributed by atoms with Gasteiger partial charge in [0.25, 0.3) is 0 Å². The van der Waals surface area contributed by atoms with E-state index >= 15 is 0 Å². The van der Waals surface area contributed by atoms with Crippen molar-refractivity contribution < 1.29 is 15.0 Å². The van der Waals surface area contributed by atoms with Crippen LogP contribution in [0.2, 0.25) is 0 Å². The number of aliphatic hydroxyl groups is 2. The first-order valence-corrected chi connectivity index (χ1v) is 6.16. The maximum atomic E-state index is 10.9. The number of alkyl halides is 1. The normalized spacial score (nSPS) is 14.1. The van der Waals surface area contributed by atoms with Crippen LogP contribution in [0.25, 0.3) is 0 Å². The van der Waals surface area contributed by atoms with Crippen molar-refractivity contribution >= 4 is 23.3 Å². The molecule has 0 aromatic carbocycles. The molecule has 2 unspecified atom stereocenters. The van der Waals surface area contributed by atoms with Crippen molar-refractivity contribution in [3.8, 4) is 0 Å². The van der Waals surface area contributed by atoms with Crippen molar-refractivity contribution in [1.29, 1.82) is 0 Å². The summed E-state index contributed by atoms with van der Waals surface area (Å²) in [4.78, 5) is 15.0. The molecule has 0 spiro atoms. The van der Waals surface area contributed by atoms with Gasteiger partial charge in [-0.2, -0.15) is 0 Å². The van der Waals surface area contributed by atoms with Crippen LogP contribution in [-0.4, -0.2) is 33.1 Å². The van der Waals surface area contributed by atoms with Gasteiger partial charge in [0.15, 0.2) is 0 Å². The van der Waals surface area contributed by atoms with Gasteiger partial charge in [-0.1, -0.05) is 6.07 Å². The fraction of sp³-hybridized carbons (Fsp3) is 0.500. The molecule has 6 heteroatoms. The van der Waals surface area contributed by atoms with Gasteiger partial charge in [-0.3, -0.25) is 4.79 Å². The Morgan fingerprint density at radius 1 is 1.50 bits per heavy atom. The van der Waals surface area contributed by atoms with Crippen LogP contribution in [0.15, 0.2) is 12.1 Å². The first-order chi connectivity index (χ1) is 8.45. The van der Waals surface area contributed by atoms with Gasteiger partial charge in [0.05, 0.1) is 6.10 Å². The molecule has 100 valence electrons. The number of amides is 1. The fourth-order valence-corrected chi connectivity index (χ4v) is 1.83. The third-order valence-electron chi connectivity index (χ3n) is 2.52. The molecule has 0 fully saturated rings. The Morgan fingerprint density at radius 3 is 2.67 bits per heavy atom. The van der Waals surface area contributed by atoms with Crippen molar-refractivity contribution in [1.82, 2.24) is 4.98 Å². The van der Waals surface area contributed by atoms with Crippen LogP contribution in [0.1, 0.15) is 30.7 Å². The minimum Gasteiger partial charge on any atom is -0.390 e. The fourth-order valence-electron chi connectivity index (χ4n) is 1.61. The van der Waals surface area contributed by atoms with Gasteiger partial charge >= 0.3 is 0 Å². The van der Waals surface area contributed by atoms with E-state index < -0.39 is 12.2 Å². The Kier molecular flexibility index (Phi) is 5.53. The monoisotopic (exact) mass is 272 g/mol. The zero-order valence-electron chi connectivity index (χ0n) is 10.4. The Morgan fingerprint density at radius 2 is 2.17 bits per heavy atom. The molecule has 1 heterocycles. The number of nitrogens with one attached hydrogen (secondary N) is 1. The molecule has 1 rings (SSSR count). The first-order valence-electron chi connectivity index (χ1n) is 5.63. The van der Waals surface area contributed by atoms with Gasteiger partial charge < -0.3 is 15.5 Å². The summed E-state index contributed by atoms with van der Waals surface area (Å²) < 4.78 is 0. The van der Waals surface area contributed by atoms with E-state index in [1.165, 1.54) is 6.92 Å². The van der Waals surface area contributed by atoms with E-state index in [-0.39, 0.29) is 11.8 Å². The number of anilines is 1. The molecule has 18 heavy (non-hydrogen) atoms. The topological polar surface area (TPSA) is 82.5 Å². The number of aryl methyl sites for hydroxylation is 1. The first kappa shape index (κ1) is 14.9. The van der Waals surface area contributed by atoms with Gasteiger partial charge in [-0.25, -0.2) is 4.98 Å². The number of carbonyl (C=O) groups is 1. The third-order valence-corrected chi connectivity index (χ3v) is 2.74. The molecular formula is C12H17ClN2O3. The van der Waals surface area contributed by atoms with Crippen LogP contribution < -0.4 is 5.32 Å². The Hall–Kier alpha value is -1.17. The van der Waals surface area contributed by atoms with Crippen molar-refractivity contribution in [3.05, 3.63) is 23.4 Å². The Bertz CT molecular complexity index is 426. The lowest BCUT2D eigenvalue weighted by Crippen LogP contribution is -2.20. The number of carbonyl (C=O) groups excluding carboxylic acids is 1. The molecule has 1 aromatic heterocycles. The molecule has 5 nitrogen and oxygen atoms in total. The predicted octanol–water partition coefficient (Wildman–Crippen LogP) is 1.37. The van der Waals surface area contributed by atoms with Crippen LogP contribution in [0.3, 0.4) is 0 Å². The summed E-state index contributed by atoms with van der Waals surface area (Å²) in [5, 5.41) is 22.2. The molecule has 0 saturated heterocycles. The number of hydrogen-bond donors (Lipinski definition) is 3. The molecular weight excluding hydrogens is 256 g/mol. The van der Waals surface area contributed by atoms with Crippen molar-refractivity contribution in [2.75, 3.05) is 11.2 Å². The standard InChI is InChI=1S/C12H17ClN2O3/c1-7-9(12(18)10(17)5-6-13)3-4-11(14-7)15-8(2)16/h3-4,10,12,17-18H,5-6H2,1-2H3,(H,14,15,16). The highest BCUT2D eigenvalue weighted by atomic mass is 35.5. The summed E-state index contributed by atoms with van der Waals surface area (Å²) >= 11 is 5.52. The average molecular weight is 273 g/mol. The number of hydrogen-bond acceptors (Lipinski definition) is 4. The van der Waals surface area contributed by atoms with E-state index in [1.807, 2.05) is 0 Å². The summed E-state index contributed by atoms with van der Waals surface area (Å²) in [5.41, 5.74) is 1.09. The highest BCUT2D eigenvalue weighted by molar-refractivity contribution is 6.17. The number of aromatic nitrogens is 1. The molecule has 3 N–H and O–H groups in total.